The second kappa shape index (κ2) is 5.68. The second-order valence-electron chi connectivity index (χ2n) is 5.54. The molecule has 2 N–H and O–H groups in total. The molecule has 3 rings (SSSR count). The molecule has 0 spiro atoms. The van der Waals surface area contributed by atoms with Crippen molar-refractivity contribution in [3.8, 4) is 5.75 Å². The van der Waals surface area contributed by atoms with Crippen molar-refractivity contribution < 1.29 is 4.74 Å². The molecule has 104 valence electrons. The van der Waals surface area contributed by atoms with Crippen LogP contribution in [0.3, 0.4) is 0 Å². The molecule has 1 aliphatic rings. The number of methoxy groups -OCH3 is 1. The van der Waals surface area contributed by atoms with E-state index in [1.165, 1.54) is 36.0 Å². The third-order valence-corrected chi connectivity index (χ3v) is 4.16. The number of hydrogen-bond acceptors (Lipinski definition) is 2. The van der Waals surface area contributed by atoms with Gasteiger partial charge in [-0.25, -0.2) is 0 Å². The molecular formula is C18H21NO. The molecule has 1 unspecified atom stereocenters. The van der Waals surface area contributed by atoms with Gasteiger partial charge in [0, 0.05) is 6.04 Å². The van der Waals surface area contributed by atoms with Crippen LogP contribution in [0, 0.1) is 0 Å². The summed E-state index contributed by atoms with van der Waals surface area (Å²) in [5.74, 6) is 0.874. The van der Waals surface area contributed by atoms with Gasteiger partial charge in [0.25, 0.3) is 0 Å². The second-order valence-corrected chi connectivity index (χ2v) is 5.54. The van der Waals surface area contributed by atoms with E-state index < -0.39 is 0 Å². The smallest absolute Gasteiger partial charge is 0.118 e. The highest BCUT2D eigenvalue weighted by Crippen LogP contribution is 2.25. The van der Waals surface area contributed by atoms with Gasteiger partial charge in [0.1, 0.15) is 5.75 Å². The third kappa shape index (κ3) is 2.70. The van der Waals surface area contributed by atoms with E-state index >= 15 is 0 Å². The summed E-state index contributed by atoms with van der Waals surface area (Å²) in [6, 6.07) is 14.9. The molecule has 0 fully saturated rings. The topological polar surface area (TPSA) is 35.2 Å². The van der Waals surface area contributed by atoms with Crippen molar-refractivity contribution >= 4 is 0 Å². The molecule has 0 radical (unpaired) electrons. The standard InChI is InChI=1S/C18H21NO/c1-20-17-9-7-15(8-10-17)18(19)12-13-5-6-14-3-2-4-16(14)11-13/h5-11,18H,2-4,12,19H2,1H3. The number of benzene rings is 2. The van der Waals surface area contributed by atoms with Gasteiger partial charge in [-0.05, 0) is 60.1 Å². The van der Waals surface area contributed by atoms with Gasteiger partial charge in [0.2, 0.25) is 0 Å². The molecule has 1 aliphatic carbocycles. The third-order valence-electron chi connectivity index (χ3n) is 4.16. The van der Waals surface area contributed by atoms with Gasteiger partial charge in [-0.1, -0.05) is 30.3 Å². The van der Waals surface area contributed by atoms with Crippen LogP contribution in [0.2, 0.25) is 0 Å². The zero-order chi connectivity index (χ0) is 13.9. The summed E-state index contributed by atoms with van der Waals surface area (Å²) < 4.78 is 5.18. The predicted molar refractivity (Wildman–Crippen MR) is 82.1 cm³/mol. The van der Waals surface area contributed by atoms with Gasteiger partial charge in [0.05, 0.1) is 7.11 Å². The lowest BCUT2D eigenvalue weighted by molar-refractivity contribution is 0.414. The van der Waals surface area contributed by atoms with Crippen LogP contribution in [0.25, 0.3) is 0 Å². The first-order valence-corrected chi connectivity index (χ1v) is 7.26. The first-order valence-electron chi connectivity index (χ1n) is 7.26. The lowest BCUT2D eigenvalue weighted by atomic mass is 9.97. The van der Waals surface area contributed by atoms with E-state index in [4.69, 9.17) is 10.5 Å². The van der Waals surface area contributed by atoms with E-state index in [2.05, 4.69) is 30.3 Å². The summed E-state index contributed by atoms with van der Waals surface area (Å²) in [5, 5.41) is 0. The highest BCUT2D eigenvalue weighted by atomic mass is 16.5. The van der Waals surface area contributed by atoms with E-state index in [-0.39, 0.29) is 6.04 Å². The van der Waals surface area contributed by atoms with Crippen molar-refractivity contribution in [1.29, 1.82) is 0 Å². The summed E-state index contributed by atoms with van der Waals surface area (Å²) in [6.07, 6.45) is 4.64. The maximum Gasteiger partial charge on any atom is 0.118 e. The molecule has 2 aromatic rings. The van der Waals surface area contributed by atoms with Crippen LogP contribution in [0.15, 0.2) is 42.5 Å². The summed E-state index contributed by atoms with van der Waals surface area (Å²) in [4.78, 5) is 0. The fraction of sp³-hybridized carbons (Fsp3) is 0.333. The maximum absolute atomic E-state index is 6.32. The minimum Gasteiger partial charge on any atom is -0.497 e. The van der Waals surface area contributed by atoms with Gasteiger partial charge in [-0.3, -0.25) is 0 Å². The first-order chi connectivity index (χ1) is 9.76. The molecule has 2 heteroatoms. The lowest BCUT2D eigenvalue weighted by Gasteiger charge is -2.13. The Morgan fingerprint density at radius 1 is 1.05 bits per heavy atom. The Balaban J connectivity index is 1.73. The largest absolute Gasteiger partial charge is 0.497 e. The Kier molecular flexibility index (Phi) is 3.75. The number of hydrogen-bond donors (Lipinski definition) is 1. The van der Waals surface area contributed by atoms with Gasteiger partial charge in [-0.15, -0.1) is 0 Å². The predicted octanol–water partition coefficient (Wildman–Crippen LogP) is 3.43. The summed E-state index contributed by atoms with van der Waals surface area (Å²) >= 11 is 0. The number of rotatable bonds is 4. The van der Waals surface area contributed by atoms with Crippen LogP contribution in [0.4, 0.5) is 0 Å². The monoisotopic (exact) mass is 267 g/mol. The zero-order valence-corrected chi connectivity index (χ0v) is 11.9. The van der Waals surface area contributed by atoms with Crippen LogP contribution < -0.4 is 10.5 Å². The Morgan fingerprint density at radius 2 is 1.80 bits per heavy atom. The van der Waals surface area contributed by atoms with E-state index in [0.29, 0.717) is 0 Å². The van der Waals surface area contributed by atoms with E-state index in [0.717, 1.165) is 17.7 Å². The Bertz CT molecular complexity index is 589. The Morgan fingerprint density at radius 3 is 2.55 bits per heavy atom. The molecule has 0 amide bonds. The molecule has 0 aromatic heterocycles. The lowest BCUT2D eigenvalue weighted by Crippen LogP contribution is -2.13. The maximum atomic E-state index is 6.32. The van der Waals surface area contributed by atoms with Crippen LogP contribution >= 0.6 is 0 Å². The Labute approximate surface area is 120 Å². The van der Waals surface area contributed by atoms with Crippen molar-refractivity contribution in [2.45, 2.75) is 31.7 Å². The van der Waals surface area contributed by atoms with Gasteiger partial charge in [-0.2, -0.15) is 0 Å². The molecule has 20 heavy (non-hydrogen) atoms. The minimum atomic E-state index is 0.0420. The quantitative estimate of drug-likeness (QED) is 0.921. The van der Waals surface area contributed by atoms with E-state index in [1.807, 2.05) is 12.1 Å². The molecule has 0 saturated heterocycles. The fourth-order valence-corrected chi connectivity index (χ4v) is 2.98. The SMILES string of the molecule is COc1ccc(C(N)Cc2ccc3c(c2)CCC3)cc1. The van der Waals surface area contributed by atoms with Crippen molar-refractivity contribution in [2.75, 3.05) is 7.11 Å². The summed E-state index contributed by atoms with van der Waals surface area (Å²) in [7, 11) is 1.68. The van der Waals surface area contributed by atoms with Crippen molar-refractivity contribution in [1.82, 2.24) is 0 Å². The van der Waals surface area contributed by atoms with Crippen LogP contribution in [-0.2, 0) is 19.3 Å². The minimum absolute atomic E-state index is 0.0420. The van der Waals surface area contributed by atoms with Crippen LogP contribution in [0.1, 0.15) is 34.7 Å². The molecule has 0 saturated carbocycles. The molecule has 1 atom stereocenters. The number of ether oxygens (including phenoxy) is 1. The van der Waals surface area contributed by atoms with Gasteiger partial charge < -0.3 is 10.5 Å². The summed E-state index contributed by atoms with van der Waals surface area (Å²) in [6.45, 7) is 0. The highest BCUT2D eigenvalue weighted by Gasteiger charge is 2.13. The molecule has 0 aliphatic heterocycles. The van der Waals surface area contributed by atoms with Crippen molar-refractivity contribution in [3.05, 3.63) is 64.7 Å². The zero-order valence-electron chi connectivity index (χ0n) is 11.9. The van der Waals surface area contributed by atoms with E-state index in [9.17, 15) is 0 Å². The van der Waals surface area contributed by atoms with Gasteiger partial charge >= 0.3 is 0 Å². The van der Waals surface area contributed by atoms with Crippen LogP contribution in [0.5, 0.6) is 5.75 Å². The van der Waals surface area contributed by atoms with Crippen molar-refractivity contribution in [2.24, 2.45) is 5.73 Å². The average Bonchev–Trinajstić information content (AvgIpc) is 2.95. The van der Waals surface area contributed by atoms with Gasteiger partial charge in [0.15, 0.2) is 0 Å². The average molecular weight is 267 g/mol. The molecule has 2 nitrogen and oxygen atoms in total. The highest BCUT2D eigenvalue weighted by molar-refractivity contribution is 5.36. The summed E-state index contributed by atoms with van der Waals surface area (Å²) in [5.41, 5.74) is 11.9. The van der Waals surface area contributed by atoms with Crippen molar-refractivity contribution in [3.63, 3.8) is 0 Å². The number of fused-ring (bicyclic) bond motifs is 1. The first kappa shape index (κ1) is 13.2. The molecule has 2 aromatic carbocycles. The fourth-order valence-electron chi connectivity index (χ4n) is 2.98. The number of nitrogens with two attached hydrogens (primary N) is 1. The molecule has 0 bridgehead atoms. The Hall–Kier alpha value is -1.80. The normalized spacial score (nSPS) is 14.9. The molecule has 0 heterocycles. The van der Waals surface area contributed by atoms with E-state index in [1.54, 1.807) is 7.11 Å². The van der Waals surface area contributed by atoms with Crippen LogP contribution in [-0.4, -0.2) is 7.11 Å². The molecular weight excluding hydrogens is 246 g/mol. The number of aryl methyl sites for hydroxylation is 2.